The lowest BCUT2D eigenvalue weighted by molar-refractivity contribution is 0.262. The topological polar surface area (TPSA) is 54.0 Å². The third-order valence-electron chi connectivity index (χ3n) is 3.55. The van der Waals surface area contributed by atoms with Gasteiger partial charge < -0.3 is 10.6 Å². The molecule has 0 fully saturated rings. The Morgan fingerprint density at radius 2 is 1.87 bits per heavy atom. The molecule has 0 aliphatic rings. The van der Waals surface area contributed by atoms with Crippen LogP contribution in [-0.4, -0.2) is 11.0 Å². The molecule has 0 aliphatic carbocycles. The molecule has 0 spiro atoms. The monoisotopic (exact) mass is 325 g/mol. The number of aryl methyl sites for hydroxylation is 2. The first-order valence-electron chi connectivity index (χ1n) is 7.23. The van der Waals surface area contributed by atoms with Gasteiger partial charge in [0.25, 0.3) is 0 Å². The zero-order valence-corrected chi connectivity index (χ0v) is 13.6. The highest BCUT2D eigenvalue weighted by Gasteiger charge is 2.11. The fourth-order valence-corrected chi connectivity index (χ4v) is 2.91. The molecule has 3 rings (SSSR count). The number of hydrogen-bond acceptors (Lipinski definition) is 2. The summed E-state index contributed by atoms with van der Waals surface area (Å²) in [6.07, 6.45) is 1.70. The van der Waals surface area contributed by atoms with Gasteiger partial charge in [0.2, 0.25) is 0 Å². The summed E-state index contributed by atoms with van der Waals surface area (Å²) >= 11 is 6.22. The standard InChI is InChI=1S/C18H16ClN3O/c1-11-9-12(2)16(14(19)10-11)22-18(23)21-15-7-3-5-13-6-4-8-20-17(13)15/h3-10H,1-2H3,(H2,21,22,23). The van der Waals surface area contributed by atoms with Crippen molar-refractivity contribution in [3.63, 3.8) is 0 Å². The van der Waals surface area contributed by atoms with Crippen LogP contribution in [-0.2, 0) is 0 Å². The van der Waals surface area contributed by atoms with Crippen molar-refractivity contribution in [2.24, 2.45) is 0 Å². The summed E-state index contributed by atoms with van der Waals surface area (Å²) in [5, 5.41) is 7.13. The van der Waals surface area contributed by atoms with Gasteiger partial charge in [0.05, 0.1) is 21.9 Å². The SMILES string of the molecule is Cc1cc(C)c(NC(=O)Nc2cccc3cccnc23)c(Cl)c1. The van der Waals surface area contributed by atoms with Gasteiger partial charge in [-0.25, -0.2) is 4.79 Å². The number of nitrogens with one attached hydrogen (secondary N) is 2. The van der Waals surface area contributed by atoms with Crippen molar-refractivity contribution in [3.05, 3.63) is 64.8 Å². The van der Waals surface area contributed by atoms with Crippen LogP contribution in [0.3, 0.4) is 0 Å². The van der Waals surface area contributed by atoms with Crippen molar-refractivity contribution < 1.29 is 4.79 Å². The summed E-state index contributed by atoms with van der Waals surface area (Å²) < 4.78 is 0. The average Bonchev–Trinajstić information content (AvgIpc) is 2.51. The average molecular weight is 326 g/mol. The van der Waals surface area contributed by atoms with Crippen LogP contribution >= 0.6 is 11.6 Å². The fraction of sp³-hybridized carbons (Fsp3) is 0.111. The molecule has 116 valence electrons. The molecule has 0 saturated heterocycles. The molecule has 3 aromatic rings. The molecule has 0 saturated carbocycles. The number of carbonyl (C=O) groups excluding carboxylic acids is 1. The largest absolute Gasteiger partial charge is 0.323 e. The molecular weight excluding hydrogens is 310 g/mol. The molecule has 0 radical (unpaired) electrons. The summed E-state index contributed by atoms with van der Waals surface area (Å²) in [6.45, 7) is 3.87. The fourth-order valence-electron chi connectivity index (χ4n) is 2.55. The second-order valence-corrected chi connectivity index (χ2v) is 5.81. The Morgan fingerprint density at radius 3 is 2.65 bits per heavy atom. The number of nitrogens with zero attached hydrogens (tertiary/aromatic N) is 1. The molecule has 2 amide bonds. The molecule has 1 aromatic heterocycles. The molecular formula is C18H16ClN3O. The highest BCUT2D eigenvalue weighted by Crippen LogP contribution is 2.28. The first-order valence-corrected chi connectivity index (χ1v) is 7.61. The smallest absolute Gasteiger partial charge is 0.306 e. The Hall–Kier alpha value is -2.59. The number of amides is 2. The molecule has 0 bridgehead atoms. The van der Waals surface area contributed by atoms with E-state index in [9.17, 15) is 4.79 Å². The number of pyridine rings is 1. The Morgan fingerprint density at radius 1 is 1.09 bits per heavy atom. The van der Waals surface area contributed by atoms with E-state index < -0.39 is 0 Å². The quantitative estimate of drug-likeness (QED) is 0.684. The summed E-state index contributed by atoms with van der Waals surface area (Å²) in [6, 6.07) is 12.9. The minimum atomic E-state index is -0.350. The van der Waals surface area contributed by atoms with Gasteiger partial charge in [0.1, 0.15) is 0 Å². The molecule has 5 heteroatoms. The molecule has 2 N–H and O–H groups in total. The zero-order valence-electron chi connectivity index (χ0n) is 12.9. The number of fused-ring (bicyclic) bond motifs is 1. The van der Waals surface area contributed by atoms with Gasteiger partial charge in [0.15, 0.2) is 0 Å². The maximum atomic E-state index is 12.3. The number of aromatic nitrogens is 1. The van der Waals surface area contributed by atoms with Crippen LogP contribution < -0.4 is 10.6 Å². The second-order valence-electron chi connectivity index (χ2n) is 5.40. The van der Waals surface area contributed by atoms with Crippen molar-refractivity contribution in [3.8, 4) is 0 Å². The number of carbonyl (C=O) groups is 1. The molecule has 0 atom stereocenters. The van der Waals surface area contributed by atoms with Gasteiger partial charge in [-0.1, -0.05) is 35.9 Å². The van der Waals surface area contributed by atoms with E-state index in [-0.39, 0.29) is 6.03 Å². The normalized spacial score (nSPS) is 10.6. The lowest BCUT2D eigenvalue weighted by Gasteiger charge is -2.13. The van der Waals surface area contributed by atoms with Crippen molar-refractivity contribution in [1.82, 2.24) is 4.98 Å². The van der Waals surface area contributed by atoms with Gasteiger partial charge in [-0.05, 0) is 43.2 Å². The Kier molecular flexibility index (Phi) is 4.17. The zero-order chi connectivity index (χ0) is 16.4. The summed E-state index contributed by atoms with van der Waals surface area (Å²) in [5.74, 6) is 0. The van der Waals surface area contributed by atoms with Crippen LogP contribution in [0.1, 0.15) is 11.1 Å². The van der Waals surface area contributed by atoms with Gasteiger partial charge in [-0.3, -0.25) is 4.98 Å². The number of anilines is 2. The molecule has 2 aromatic carbocycles. The van der Waals surface area contributed by atoms with E-state index in [0.29, 0.717) is 16.4 Å². The number of urea groups is 1. The number of halogens is 1. The lowest BCUT2D eigenvalue weighted by Crippen LogP contribution is -2.20. The van der Waals surface area contributed by atoms with E-state index in [1.165, 1.54) is 0 Å². The van der Waals surface area contributed by atoms with Gasteiger partial charge in [0, 0.05) is 11.6 Å². The lowest BCUT2D eigenvalue weighted by atomic mass is 10.1. The van der Waals surface area contributed by atoms with E-state index in [2.05, 4.69) is 15.6 Å². The van der Waals surface area contributed by atoms with Crippen molar-refractivity contribution in [2.45, 2.75) is 13.8 Å². The van der Waals surface area contributed by atoms with Gasteiger partial charge in [-0.15, -0.1) is 0 Å². The minimum Gasteiger partial charge on any atom is -0.306 e. The third kappa shape index (κ3) is 3.27. The van der Waals surface area contributed by atoms with E-state index >= 15 is 0 Å². The maximum absolute atomic E-state index is 12.3. The van der Waals surface area contributed by atoms with Crippen LogP contribution in [0.15, 0.2) is 48.7 Å². The van der Waals surface area contributed by atoms with E-state index in [0.717, 1.165) is 22.0 Å². The van der Waals surface area contributed by atoms with Gasteiger partial charge >= 0.3 is 6.03 Å². The van der Waals surface area contributed by atoms with Crippen molar-refractivity contribution in [2.75, 3.05) is 10.6 Å². The minimum absolute atomic E-state index is 0.350. The van der Waals surface area contributed by atoms with Crippen molar-refractivity contribution >= 4 is 39.9 Å². The Bertz CT molecular complexity index is 864. The number of benzene rings is 2. The van der Waals surface area contributed by atoms with Gasteiger partial charge in [-0.2, -0.15) is 0 Å². The van der Waals surface area contributed by atoms with Crippen molar-refractivity contribution in [1.29, 1.82) is 0 Å². The van der Waals surface area contributed by atoms with Crippen LogP contribution in [0, 0.1) is 13.8 Å². The summed E-state index contributed by atoms with van der Waals surface area (Å²) in [7, 11) is 0. The van der Waals surface area contributed by atoms with Crippen LogP contribution in [0.5, 0.6) is 0 Å². The van der Waals surface area contributed by atoms with Crippen LogP contribution in [0.2, 0.25) is 5.02 Å². The maximum Gasteiger partial charge on any atom is 0.323 e. The number of para-hydroxylation sites is 1. The number of rotatable bonds is 2. The highest BCUT2D eigenvalue weighted by atomic mass is 35.5. The van der Waals surface area contributed by atoms with Crippen LogP contribution in [0.4, 0.5) is 16.2 Å². The third-order valence-corrected chi connectivity index (χ3v) is 3.85. The Balaban J connectivity index is 1.85. The van der Waals surface area contributed by atoms with E-state index in [4.69, 9.17) is 11.6 Å². The number of hydrogen-bond donors (Lipinski definition) is 2. The molecule has 0 unspecified atom stereocenters. The predicted octanol–water partition coefficient (Wildman–Crippen LogP) is 5.15. The summed E-state index contributed by atoms with van der Waals surface area (Å²) in [4.78, 5) is 16.6. The highest BCUT2D eigenvalue weighted by molar-refractivity contribution is 6.34. The first-order chi connectivity index (χ1) is 11.0. The molecule has 23 heavy (non-hydrogen) atoms. The predicted molar refractivity (Wildman–Crippen MR) is 95.3 cm³/mol. The molecule has 4 nitrogen and oxygen atoms in total. The van der Waals surface area contributed by atoms with Crippen LogP contribution in [0.25, 0.3) is 10.9 Å². The van der Waals surface area contributed by atoms with E-state index in [1.54, 1.807) is 6.20 Å². The molecule has 1 heterocycles. The first kappa shape index (κ1) is 15.3. The summed E-state index contributed by atoms with van der Waals surface area (Å²) in [5.41, 5.74) is 3.99. The second kappa shape index (κ2) is 6.26. The Labute approximate surface area is 139 Å². The molecule has 0 aliphatic heterocycles. The van der Waals surface area contributed by atoms with E-state index in [1.807, 2.05) is 56.3 Å².